The Labute approximate surface area is 129 Å². The molecule has 1 aromatic carbocycles. The zero-order valence-corrected chi connectivity index (χ0v) is 13.0. The SMILES string of the molecule is COCC(OC(=O)c1cc(Br)c2occc2c1)C(=O)OC. The standard InChI is InChI=1S/C14H13BrO6/c1-18-7-11(14(17)19-2)21-13(16)9-5-8-3-4-20-12(8)10(15)6-9/h3-6,11H,7H2,1-2H3. The lowest BCUT2D eigenvalue weighted by atomic mass is 10.1. The van der Waals surface area contributed by atoms with Crippen molar-refractivity contribution in [1.82, 2.24) is 0 Å². The number of ether oxygens (including phenoxy) is 3. The lowest BCUT2D eigenvalue weighted by Gasteiger charge is -2.14. The fraction of sp³-hybridized carbons (Fsp3) is 0.286. The third-order valence-electron chi connectivity index (χ3n) is 2.77. The summed E-state index contributed by atoms with van der Waals surface area (Å²) in [6.45, 7) is -0.0759. The maximum absolute atomic E-state index is 12.1. The Bertz CT molecular complexity index is 663. The molecule has 1 unspecified atom stereocenters. The summed E-state index contributed by atoms with van der Waals surface area (Å²) in [6, 6.07) is 4.91. The van der Waals surface area contributed by atoms with Crippen LogP contribution in [0.15, 0.2) is 33.4 Å². The first-order valence-corrected chi connectivity index (χ1v) is 6.80. The van der Waals surface area contributed by atoms with Crippen LogP contribution in [-0.2, 0) is 19.0 Å². The van der Waals surface area contributed by atoms with E-state index in [2.05, 4.69) is 20.7 Å². The second kappa shape index (κ2) is 6.73. The van der Waals surface area contributed by atoms with Crippen LogP contribution in [0.2, 0.25) is 0 Å². The van der Waals surface area contributed by atoms with Crippen molar-refractivity contribution in [3.05, 3.63) is 34.5 Å². The molecular formula is C14H13BrO6. The minimum Gasteiger partial charge on any atom is -0.466 e. The molecule has 0 aliphatic heterocycles. The Kier molecular flexibility index (Phi) is 4.98. The number of hydrogen-bond acceptors (Lipinski definition) is 6. The van der Waals surface area contributed by atoms with E-state index in [-0.39, 0.29) is 6.61 Å². The second-order valence-electron chi connectivity index (χ2n) is 4.17. The summed E-state index contributed by atoms with van der Waals surface area (Å²) in [7, 11) is 2.62. The van der Waals surface area contributed by atoms with Gasteiger partial charge in [0.25, 0.3) is 0 Å². The zero-order valence-electron chi connectivity index (χ0n) is 11.4. The molecule has 0 bridgehead atoms. The smallest absolute Gasteiger partial charge is 0.349 e. The van der Waals surface area contributed by atoms with Crippen LogP contribution in [0.1, 0.15) is 10.4 Å². The maximum atomic E-state index is 12.1. The van der Waals surface area contributed by atoms with Gasteiger partial charge < -0.3 is 18.6 Å². The average molecular weight is 357 g/mol. The molecule has 0 fully saturated rings. The number of fused-ring (bicyclic) bond motifs is 1. The number of carbonyl (C=O) groups is 2. The molecule has 0 N–H and O–H groups in total. The van der Waals surface area contributed by atoms with Crippen molar-refractivity contribution in [3.63, 3.8) is 0 Å². The summed E-state index contributed by atoms with van der Waals surface area (Å²) in [5.41, 5.74) is 0.925. The molecule has 2 aromatic rings. The normalized spacial score (nSPS) is 12.1. The van der Waals surface area contributed by atoms with E-state index in [4.69, 9.17) is 13.9 Å². The Balaban J connectivity index is 2.22. The first-order valence-electron chi connectivity index (χ1n) is 6.01. The van der Waals surface area contributed by atoms with Crippen LogP contribution in [-0.4, -0.2) is 38.9 Å². The van der Waals surface area contributed by atoms with Gasteiger partial charge in [0.05, 0.1) is 30.0 Å². The van der Waals surface area contributed by atoms with Gasteiger partial charge in [-0.05, 0) is 34.1 Å². The number of carbonyl (C=O) groups excluding carboxylic acids is 2. The van der Waals surface area contributed by atoms with Crippen molar-refractivity contribution in [2.75, 3.05) is 20.8 Å². The second-order valence-corrected chi connectivity index (χ2v) is 5.02. The molecule has 0 saturated heterocycles. The molecule has 6 nitrogen and oxygen atoms in total. The van der Waals surface area contributed by atoms with Gasteiger partial charge in [-0.2, -0.15) is 0 Å². The Hall–Kier alpha value is -1.86. The number of rotatable bonds is 5. The minimum absolute atomic E-state index is 0.0759. The highest BCUT2D eigenvalue weighted by molar-refractivity contribution is 9.10. The Morgan fingerprint density at radius 1 is 1.33 bits per heavy atom. The summed E-state index contributed by atoms with van der Waals surface area (Å²) in [4.78, 5) is 23.6. The van der Waals surface area contributed by atoms with Crippen LogP contribution >= 0.6 is 15.9 Å². The Morgan fingerprint density at radius 2 is 2.10 bits per heavy atom. The van der Waals surface area contributed by atoms with E-state index in [0.29, 0.717) is 15.6 Å². The van der Waals surface area contributed by atoms with Gasteiger partial charge in [0.15, 0.2) is 0 Å². The number of hydrogen-bond donors (Lipinski definition) is 0. The summed E-state index contributed by atoms with van der Waals surface area (Å²) < 4.78 is 20.4. The van der Waals surface area contributed by atoms with Crippen LogP contribution in [0.3, 0.4) is 0 Å². The van der Waals surface area contributed by atoms with Crippen molar-refractivity contribution in [1.29, 1.82) is 0 Å². The van der Waals surface area contributed by atoms with Gasteiger partial charge in [0.1, 0.15) is 5.58 Å². The average Bonchev–Trinajstić information content (AvgIpc) is 2.94. The number of furan rings is 1. The first kappa shape index (κ1) is 15.5. The van der Waals surface area contributed by atoms with E-state index in [0.717, 1.165) is 5.39 Å². The lowest BCUT2D eigenvalue weighted by molar-refractivity contribution is -0.153. The van der Waals surface area contributed by atoms with Crippen molar-refractivity contribution < 1.29 is 28.2 Å². The van der Waals surface area contributed by atoms with Gasteiger partial charge in [-0.1, -0.05) is 0 Å². The summed E-state index contributed by atoms with van der Waals surface area (Å²) in [6.07, 6.45) is 0.415. The van der Waals surface area contributed by atoms with E-state index in [1.54, 1.807) is 18.2 Å². The van der Waals surface area contributed by atoms with Crippen LogP contribution in [0.25, 0.3) is 11.0 Å². The molecule has 0 aliphatic carbocycles. The zero-order chi connectivity index (χ0) is 15.4. The van der Waals surface area contributed by atoms with Crippen LogP contribution in [0.5, 0.6) is 0 Å². The fourth-order valence-corrected chi connectivity index (χ4v) is 2.36. The van der Waals surface area contributed by atoms with Gasteiger partial charge in [0.2, 0.25) is 6.10 Å². The number of methoxy groups -OCH3 is 2. The predicted molar refractivity (Wildman–Crippen MR) is 77.0 cm³/mol. The number of esters is 2. The molecule has 1 heterocycles. The van der Waals surface area contributed by atoms with E-state index in [1.807, 2.05) is 0 Å². The summed E-state index contributed by atoms with van der Waals surface area (Å²) in [5, 5.41) is 0.748. The summed E-state index contributed by atoms with van der Waals surface area (Å²) in [5.74, 6) is -1.32. The highest BCUT2D eigenvalue weighted by Gasteiger charge is 2.25. The Morgan fingerprint density at radius 3 is 2.76 bits per heavy atom. The number of halogens is 1. The molecular weight excluding hydrogens is 344 g/mol. The van der Waals surface area contributed by atoms with Crippen molar-refractivity contribution in [2.45, 2.75) is 6.10 Å². The third kappa shape index (κ3) is 3.43. The van der Waals surface area contributed by atoms with Crippen LogP contribution in [0.4, 0.5) is 0 Å². The van der Waals surface area contributed by atoms with E-state index in [1.165, 1.54) is 20.5 Å². The van der Waals surface area contributed by atoms with Crippen molar-refractivity contribution >= 4 is 38.8 Å². The highest BCUT2D eigenvalue weighted by Crippen LogP contribution is 2.27. The van der Waals surface area contributed by atoms with Crippen molar-refractivity contribution in [3.8, 4) is 0 Å². The number of benzene rings is 1. The third-order valence-corrected chi connectivity index (χ3v) is 3.36. The van der Waals surface area contributed by atoms with E-state index < -0.39 is 18.0 Å². The largest absolute Gasteiger partial charge is 0.466 e. The maximum Gasteiger partial charge on any atom is 0.349 e. The quantitative estimate of drug-likeness (QED) is 0.766. The highest BCUT2D eigenvalue weighted by atomic mass is 79.9. The van der Waals surface area contributed by atoms with E-state index in [9.17, 15) is 9.59 Å². The molecule has 0 spiro atoms. The molecule has 1 aromatic heterocycles. The molecule has 1 atom stereocenters. The van der Waals surface area contributed by atoms with Gasteiger partial charge in [-0.3, -0.25) is 0 Å². The minimum atomic E-state index is -1.11. The molecule has 0 saturated carbocycles. The summed E-state index contributed by atoms with van der Waals surface area (Å²) >= 11 is 3.32. The molecule has 0 radical (unpaired) electrons. The molecule has 0 amide bonds. The fourth-order valence-electron chi connectivity index (χ4n) is 1.79. The van der Waals surface area contributed by atoms with Gasteiger partial charge in [-0.25, -0.2) is 9.59 Å². The van der Waals surface area contributed by atoms with Gasteiger partial charge >= 0.3 is 11.9 Å². The van der Waals surface area contributed by atoms with E-state index >= 15 is 0 Å². The van der Waals surface area contributed by atoms with Crippen LogP contribution < -0.4 is 0 Å². The molecule has 0 aliphatic rings. The monoisotopic (exact) mass is 356 g/mol. The molecule has 21 heavy (non-hydrogen) atoms. The topological polar surface area (TPSA) is 75.0 Å². The molecule has 112 valence electrons. The van der Waals surface area contributed by atoms with Crippen LogP contribution in [0, 0.1) is 0 Å². The molecule has 7 heteroatoms. The molecule has 2 rings (SSSR count). The van der Waals surface area contributed by atoms with Gasteiger partial charge in [-0.15, -0.1) is 0 Å². The van der Waals surface area contributed by atoms with Crippen molar-refractivity contribution in [2.24, 2.45) is 0 Å². The lowest BCUT2D eigenvalue weighted by Crippen LogP contribution is -2.32. The predicted octanol–water partition coefficient (Wildman–Crippen LogP) is 2.54. The van der Waals surface area contributed by atoms with Gasteiger partial charge in [0, 0.05) is 12.5 Å². The first-order chi connectivity index (χ1) is 10.1.